The third-order valence-corrected chi connectivity index (χ3v) is 9.70. The lowest BCUT2D eigenvalue weighted by molar-refractivity contribution is -0.742. The molecule has 0 bridgehead atoms. The standard InChI is InChI=1S/2C18H14Cl4N2O.2HNO3/c2*19-13-2-1-12(16(21)7-13)10-25-18(9-24-6-5-23-11-24)15-4-3-14(20)8-17(15)22;2*2-1(3)4/h2*1-8,11,18H,9-10H2;2*(H,2,3,4). The lowest BCUT2D eigenvalue weighted by Gasteiger charge is -2.21. The molecule has 2 atom stereocenters. The Bertz CT molecular complexity index is 2060. The van der Waals surface area contributed by atoms with Crippen LogP contribution >= 0.6 is 92.8 Å². The molecule has 0 aliphatic carbocycles. The van der Waals surface area contributed by atoms with Gasteiger partial charge in [-0.2, -0.15) is 0 Å². The SMILES string of the molecule is Clc1ccc(COC(Cn2ccnc2)c2ccc(Cl)cc2Cl)c(Cl)c1.Clc1ccc(COC(Cn2ccnc2)c2ccc(Cl)cc2Cl)c(Cl)c1.O=[N+]([O-])O.O=[N+]([O-])O. The lowest BCUT2D eigenvalue weighted by atomic mass is 10.1. The van der Waals surface area contributed by atoms with E-state index >= 15 is 0 Å². The van der Waals surface area contributed by atoms with E-state index in [9.17, 15) is 0 Å². The Kier molecular flexibility index (Phi) is 20.6. The first-order valence-electron chi connectivity index (χ1n) is 16.1. The molecule has 0 radical (unpaired) electrons. The van der Waals surface area contributed by atoms with Gasteiger partial charge in [0.25, 0.3) is 10.2 Å². The largest absolute Gasteiger partial charge is 0.367 e. The van der Waals surface area contributed by atoms with E-state index in [1.807, 2.05) is 45.8 Å². The maximum atomic E-state index is 8.36. The fourth-order valence-electron chi connectivity index (χ4n) is 4.84. The number of ether oxygens (including phenoxy) is 2. The summed E-state index contributed by atoms with van der Waals surface area (Å²) in [5.41, 5.74) is 3.41. The van der Waals surface area contributed by atoms with Crippen LogP contribution in [0.15, 0.2) is 110 Å². The van der Waals surface area contributed by atoms with Crippen LogP contribution in [0, 0.1) is 20.2 Å². The van der Waals surface area contributed by atoms with E-state index in [1.54, 1.807) is 73.6 Å². The minimum absolute atomic E-state index is 0.286. The second-order valence-corrected chi connectivity index (χ2v) is 14.8. The second kappa shape index (κ2) is 24.8. The van der Waals surface area contributed by atoms with Gasteiger partial charge in [-0.15, -0.1) is 20.2 Å². The minimum atomic E-state index is -1.50. The molecule has 2 heterocycles. The van der Waals surface area contributed by atoms with Crippen molar-refractivity contribution < 1.29 is 30.1 Å². The highest BCUT2D eigenvalue weighted by atomic mass is 35.5. The summed E-state index contributed by atoms with van der Waals surface area (Å²) >= 11 is 49.1. The zero-order chi connectivity index (χ0) is 42.8. The van der Waals surface area contributed by atoms with E-state index in [2.05, 4.69) is 9.97 Å². The molecule has 0 saturated carbocycles. The van der Waals surface area contributed by atoms with Gasteiger partial charge in [-0.05, 0) is 59.7 Å². The van der Waals surface area contributed by atoms with Gasteiger partial charge >= 0.3 is 0 Å². The molecular weight excluding hydrogens is 928 g/mol. The van der Waals surface area contributed by atoms with Crippen molar-refractivity contribution in [1.82, 2.24) is 19.1 Å². The molecule has 0 aliphatic heterocycles. The van der Waals surface area contributed by atoms with Crippen LogP contribution in [0.2, 0.25) is 40.2 Å². The quantitative estimate of drug-likeness (QED) is 0.0885. The van der Waals surface area contributed by atoms with Crippen molar-refractivity contribution in [2.45, 2.75) is 38.5 Å². The first-order valence-corrected chi connectivity index (χ1v) is 19.1. The highest BCUT2D eigenvalue weighted by Gasteiger charge is 2.19. The van der Waals surface area contributed by atoms with Crippen molar-refractivity contribution in [2.24, 2.45) is 0 Å². The van der Waals surface area contributed by atoms with E-state index in [0.29, 0.717) is 66.5 Å². The Morgan fingerprint density at radius 2 is 0.862 bits per heavy atom. The summed E-state index contributed by atoms with van der Waals surface area (Å²) in [5, 5.41) is 31.9. The monoisotopic (exact) mass is 954 g/mol. The van der Waals surface area contributed by atoms with E-state index in [0.717, 1.165) is 22.3 Å². The van der Waals surface area contributed by atoms with E-state index in [4.69, 9.17) is 133 Å². The van der Waals surface area contributed by atoms with Gasteiger partial charge in [-0.3, -0.25) is 0 Å². The fourth-order valence-corrected chi connectivity index (χ4v) is 6.82. The minimum Gasteiger partial charge on any atom is -0.367 e. The number of nitrogens with zero attached hydrogens (tertiary/aromatic N) is 6. The van der Waals surface area contributed by atoms with Crippen LogP contribution in [0.4, 0.5) is 0 Å². The smallest absolute Gasteiger partial charge is 0.291 e. The van der Waals surface area contributed by atoms with Gasteiger partial charge in [0.1, 0.15) is 12.2 Å². The summed E-state index contributed by atoms with van der Waals surface area (Å²) in [7, 11) is 0. The summed E-state index contributed by atoms with van der Waals surface area (Å²) in [5.74, 6) is 0. The van der Waals surface area contributed by atoms with E-state index < -0.39 is 10.2 Å². The maximum Gasteiger partial charge on any atom is 0.291 e. The van der Waals surface area contributed by atoms with Gasteiger partial charge in [0.05, 0.1) is 39.0 Å². The van der Waals surface area contributed by atoms with Gasteiger partial charge in [-0.1, -0.05) is 117 Å². The maximum absolute atomic E-state index is 8.36. The van der Waals surface area contributed by atoms with Crippen LogP contribution in [0.1, 0.15) is 34.5 Å². The summed E-state index contributed by atoms with van der Waals surface area (Å²) in [4.78, 5) is 24.9. The second-order valence-electron chi connectivity index (χ2n) is 11.4. The molecule has 0 fully saturated rings. The van der Waals surface area contributed by atoms with Gasteiger partial charge in [0.15, 0.2) is 0 Å². The first-order chi connectivity index (χ1) is 27.5. The number of halogens is 8. The van der Waals surface area contributed by atoms with Crippen LogP contribution in [-0.2, 0) is 35.8 Å². The predicted molar refractivity (Wildman–Crippen MR) is 223 cm³/mol. The molecule has 2 N–H and O–H groups in total. The molecule has 0 aliphatic rings. The zero-order valence-corrected chi connectivity index (χ0v) is 35.5. The summed E-state index contributed by atoms with van der Waals surface area (Å²) in [6, 6.07) is 21.4. The Balaban J connectivity index is 0.000000262. The molecule has 58 heavy (non-hydrogen) atoms. The molecule has 4 aromatic carbocycles. The molecular formula is C36H30Cl8N6O8. The number of hydrogen-bond acceptors (Lipinski definition) is 8. The number of rotatable bonds is 12. The predicted octanol–water partition coefficient (Wildman–Crippen LogP) is 12.2. The van der Waals surface area contributed by atoms with Crippen molar-refractivity contribution in [3.05, 3.63) is 193 Å². The zero-order valence-electron chi connectivity index (χ0n) is 29.4. The summed E-state index contributed by atoms with van der Waals surface area (Å²) in [6.07, 6.45) is 10.1. The van der Waals surface area contributed by atoms with Crippen molar-refractivity contribution in [3.63, 3.8) is 0 Å². The molecule has 14 nitrogen and oxygen atoms in total. The van der Waals surface area contributed by atoms with Crippen molar-refractivity contribution in [3.8, 4) is 0 Å². The average Bonchev–Trinajstić information content (AvgIpc) is 3.85. The topological polar surface area (TPSA) is 181 Å². The van der Waals surface area contributed by atoms with Crippen LogP contribution in [-0.4, -0.2) is 39.7 Å². The molecule has 0 amide bonds. The Hall–Kier alpha value is -4.06. The number of aromatic nitrogens is 4. The van der Waals surface area contributed by atoms with Crippen LogP contribution in [0.3, 0.4) is 0 Å². The molecule has 0 saturated heterocycles. The summed E-state index contributed by atoms with van der Waals surface area (Å²) in [6.45, 7) is 1.78. The van der Waals surface area contributed by atoms with Crippen LogP contribution in [0.25, 0.3) is 0 Å². The Morgan fingerprint density at radius 1 is 0.552 bits per heavy atom. The first kappa shape index (κ1) is 48.3. The van der Waals surface area contributed by atoms with Crippen molar-refractivity contribution in [2.75, 3.05) is 0 Å². The summed E-state index contributed by atoms with van der Waals surface area (Å²) < 4.78 is 16.1. The normalized spacial score (nSPS) is 11.4. The molecule has 308 valence electrons. The molecule has 2 unspecified atom stereocenters. The highest BCUT2D eigenvalue weighted by molar-refractivity contribution is 6.36. The third-order valence-electron chi connectivity index (χ3n) is 7.40. The molecule has 2 aromatic heterocycles. The van der Waals surface area contributed by atoms with Gasteiger partial charge in [0.2, 0.25) is 0 Å². The fraction of sp³-hybridized carbons (Fsp3) is 0.167. The highest BCUT2D eigenvalue weighted by Crippen LogP contribution is 2.33. The van der Waals surface area contributed by atoms with Crippen LogP contribution < -0.4 is 0 Å². The molecule has 6 rings (SSSR count). The van der Waals surface area contributed by atoms with Crippen LogP contribution in [0.5, 0.6) is 0 Å². The number of imidazole rings is 2. The average molecular weight is 958 g/mol. The number of hydrogen-bond donors (Lipinski definition) is 2. The Labute approximate surface area is 371 Å². The molecule has 22 heteroatoms. The Morgan fingerprint density at radius 3 is 1.14 bits per heavy atom. The van der Waals surface area contributed by atoms with Gasteiger partial charge in [-0.25, -0.2) is 9.97 Å². The van der Waals surface area contributed by atoms with E-state index in [-0.39, 0.29) is 12.2 Å². The van der Waals surface area contributed by atoms with Gasteiger partial charge in [0, 0.05) is 76.1 Å². The third kappa shape index (κ3) is 17.4. The van der Waals surface area contributed by atoms with Crippen molar-refractivity contribution in [1.29, 1.82) is 0 Å². The molecule has 0 spiro atoms. The molecule has 6 aromatic rings. The van der Waals surface area contributed by atoms with E-state index in [1.165, 1.54) is 0 Å². The lowest BCUT2D eigenvalue weighted by Crippen LogP contribution is -2.12. The van der Waals surface area contributed by atoms with Gasteiger partial charge < -0.3 is 29.0 Å². The van der Waals surface area contributed by atoms with Crippen molar-refractivity contribution >= 4 is 92.8 Å². The number of benzene rings is 4.